The highest BCUT2D eigenvalue weighted by Crippen LogP contribution is 2.37. The number of hydrogen-bond acceptors (Lipinski definition) is 4. The van der Waals surface area contributed by atoms with Crippen molar-refractivity contribution < 1.29 is 17.9 Å². The summed E-state index contributed by atoms with van der Waals surface area (Å²) in [6, 6.07) is 13.2. The Morgan fingerprint density at radius 2 is 1.93 bits per heavy atom. The van der Waals surface area contributed by atoms with E-state index in [9.17, 15) is 13.2 Å². The zero-order valence-electron chi connectivity index (χ0n) is 15.5. The molecule has 1 amide bonds. The van der Waals surface area contributed by atoms with E-state index in [0.717, 1.165) is 17.5 Å². The molecule has 0 aliphatic carbocycles. The fourth-order valence-electron chi connectivity index (χ4n) is 3.54. The Bertz CT molecular complexity index is 1000. The molecule has 2 aromatic carbocycles. The first-order valence-electron chi connectivity index (χ1n) is 9.12. The summed E-state index contributed by atoms with van der Waals surface area (Å²) in [6.45, 7) is 3.20. The molecule has 2 aliphatic rings. The van der Waals surface area contributed by atoms with Gasteiger partial charge in [-0.2, -0.15) is 4.31 Å². The summed E-state index contributed by atoms with van der Waals surface area (Å²) < 4.78 is 33.9. The molecule has 4 rings (SSSR count). The van der Waals surface area contributed by atoms with Crippen LogP contribution in [0.2, 0.25) is 0 Å². The van der Waals surface area contributed by atoms with Gasteiger partial charge < -0.3 is 9.64 Å². The summed E-state index contributed by atoms with van der Waals surface area (Å²) in [5.74, 6) is -0.0808. The molecule has 2 aliphatic heterocycles. The highest BCUT2D eigenvalue weighted by molar-refractivity contribution is 9.10. The van der Waals surface area contributed by atoms with Crippen LogP contribution in [-0.4, -0.2) is 44.4 Å². The van der Waals surface area contributed by atoms with Crippen molar-refractivity contribution in [3.05, 3.63) is 58.1 Å². The second kappa shape index (κ2) is 7.59. The number of carbonyl (C=O) groups excluding carboxylic acids is 1. The van der Waals surface area contributed by atoms with Gasteiger partial charge in [0, 0.05) is 36.7 Å². The quantitative estimate of drug-likeness (QED) is 0.681. The first-order valence-corrected chi connectivity index (χ1v) is 11.4. The average Bonchev–Trinajstić information content (AvgIpc) is 3.03. The first kappa shape index (κ1) is 19.6. The second-order valence-corrected chi connectivity index (χ2v) is 9.83. The van der Waals surface area contributed by atoms with Crippen molar-refractivity contribution >= 4 is 37.5 Å². The number of ether oxygens (including phenoxy) is 1. The van der Waals surface area contributed by atoms with Gasteiger partial charge in [-0.15, -0.1) is 0 Å². The minimum absolute atomic E-state index is 0.0808. The van der Waals surface area contributed by atoms with Gasteiger partial charge in [0.25, 0.3) is 0 Å². The van der Waals surface area contributed by atoms with Gasteiger partial charge >= 0.3 is 0 Å². The van der Waals surface area contributed by atoms with Crippen LogP contribution >= 0.6 is 15.9 Å². The Hall–Kier alpha value is -1.74. The summed E-state index contributed by atoms with van der Waals surface area (Å²) in [6.07, 6.45) is 0.615. The highest BCUT2D eigenvalue weighted by Gasteiger charge is 2.39. The molecule has 0 aromatic heterocycles. The van der Waals surface area contributed by atoms with E-state index < -0.39 is 10.0 Å². The molecule has 2 aromatic rings. The Morgan fingerprint density at radius 1 is 1.21 bits per heavy atom. The number of benzene rings is 2. The Morgan fingerprint density at radius 3 is 2.61 bits per heavy atom. The molecular formula is C20H21BrN2O4S. The molecule has 148 valence electrons. The maximum Gasteiger partial charge on any atom is 0.244 e. The van der Waals surface area contributed by atoms with Crippen molar-refractivity contribution in [3.63, 3.8) is 0 Å². The lowest BCUT2D eigenvalue weighted by atomic mass is 10.2. The number of halogens is 1. The third kappa shape index (κ3) is 3.61. The predicted molar refractivity (Wildman–Crippen MR) is 110 cm³/mol. The second-order valence-electron chi connectivity index (χ2n) is 7.07. The molecule has 8 heteroatoms. The molecule has 0 N–H and O–H groups in total. The number of anilines is 1. The number of nitrogens with zero attached hydrogens (tertiary/aromatic N) is 2. The number of amides is 1. The van der Waals surface area contributed by atoms with E-state index >= 15 is 0 Å². The van der Waals surface area contributed by atoms with Crippen molar-refractivity contribution in [2.24, 2.45) is 0 Å². The molecule has 6 nitrogen and oxygen atoms in total. The zero-order chi connectivity index (χ0) is 19.9. The molecule has 1 fully saturated rings. The third-order valence-corrected chi connectivity index (χ3v) is 7.96. The van der Waals surface area contributed by atoms with Gasteiger partial charge in [0.2, 0.25) is 15.9 Å². The topological polar surface area (TPSA) is 66.9 Å². The van der Waals surface area contributed by atoms with Gasteiger partial charge in [0.05, 0.1) is 17.6 Å². The average molecular weight is 465 g/mol. The van der Waals surface area contributed by atoms with Crippen LogP contribution in [0, 0.1) is 0 Å². The maximum absolute atomic E-state index is 13.1. The summed E-state index contributed by atoms with van der Waals surface area (Å²) >= 11 is 3.40. The molecule has 0 atom stereocenters. The normalized spacial score (nSPS) is 17.4. The van der Waals surface area contributed by atoms with E-state index in [1.54, 1.807) is 11.0 Å². The Kier molecular flexibility index (Phi) is 5.30. The van der Waals surface area contributed by atoms with Crippen LogP contribution in [0.1, 0.15) is 18.1 Å². The van der Waals surface area contributed by atoms with Crippen LogP contribution in [0.4, 0.5) is 5.69 Å². The number of fused-ring (bicyclic) bond motifs is 1. The molecule has 0 unspecified atom stereocenters. The van der Waals surface area contributed by atoms with E-state index in [0.29, 0.717) is 36.4 Å². The van der Waals surface area contributed by atoms with Crippen molar-refractivity contribution in [1.82, 2.24) is 4.31 Å². The van der Waals surface area contributed by atoms with Gasteiger partial charge in [0.1, 0.15) is 0 Å². The minimum Gasteiger partial charge on any atom is -0.371 e. The van der Waals surface area contributed by atoms with Gasteiger partial charge in [-0.25, -0.2) is 8.42 Å². The molecule has 28 heavy (non-hydrogen) atoms. The van der Waals surface area contributed by atoms with Crippen LogP contribution in [0.25, 0.3) is 0 Å². The van der Waals surface area contributed by atoms with Crippen molar-refractivity contribution in [3.8, 4) is 0 Å². The smallest absolute Gasteiger partial charge is 0.244 e. The molecule has 0 radical (unpaired) electrons. The summed E-state index contributed by atoms with van der Waals surface area (Å²) in [4.78, 5) is 13.6. The number of hydrogen-bond donors (Lipinski definition) is 0. The number of carbonyl (C=O) groups is 1. The van der Waals surface area contributed by atoms with Crippen LogP contribution in [0.15, 0.2) is 51.8 Å². The largest absolute Gasteiger partial charge is 0.371 e. The lowest BCUT2D eigenvalue weighted by Gasteiger charge is -2.38. The van der Waals surface area contributed by atoms with E-state index in [4.69, 9.17) is 4.74 Å². The standard InChI is InChI=1S/C20H21BrN2O4S/c1-14(24)23-8-7-16-9-18(21)20(10-19(16)23)28(25,26)22-11-17(12-22)27-13-15-5-3-2-4-6-15/h2-6,9-10,17H,7-8,11-13H2,1H3. The monoisotopic (exact) mass is 464 g/mol. The molecule has 0 bridgehead atoms. The Balaban J connectivity index is 1.46. The van der Waals surface area contributed by atoms with Gasteiger partial charge in [-0.05, 0) is 45.6 Å². The SMILES string of the molecule is CC(=O)N1CCc2cc(Br)c(S(=O)(=O)N3CC(OCc4ccccc4)C3)cc21. The predicted octanol–water partition coefficient (Wildman–Crippen LogP) is 2.95. The molecule has 2 heterocycles. The van der Waals surface area contributed by atoms with E-state index in [1.807, 2.05) is 36.4 Å². The molecule has 0 spiro atoms. The highest BCUT2D eigenvalue weighted by atomic mass is 79.9. The summed E-state index contributed by atoms with van der Waals surface area (Å²) in [7, 11) is -3.65. The molecule has 1 saturated heterocycles. The maximum atomic E-state index is 13.1. The van der Waals surface area contributed by atoms with E-state index in [1.165, 1.54) is 11.2 Å². The zero-order valence-corrected chi connectivity index (χ0v) is 17.9. The molecule has 0 saturated carbocycles. The van der Waals surface area contributed by atoms with Crippen LogP contribution in [0.5, 0.6) is 0 Å². The van der Waals surface area contributed by atoms with Crippen molar-refractivity contribution in [2.75, 3.05) is 24.5 Å². The first-order chi connectivity index (χ1) is 13.4. The van der Waals surface area contributed by atoms with Crippen molar-refractivity contribution in [2.45, 2.75) is 31.0 Å². The van der Waals surface area contributed by atoms with Crippen LogP contribution in [0.3, 0.4) is 0 Å². The minimum atomic E-state index is -3.65. The molecular weight excluding hydrogens is 444 g/mol. The van der Waals surface area contributed by atoms with Crippen LogP contribution < -0.4 is 4.90 Å². The van der Waals surface area contributed by atoms with Crippen molar-refractivity contribution in [1.29, 1.82) is 0 Å². The third-order valence-electron chi connectivity index (χ3n) is 5.17. The van der Waals surface area contributed by atoms with Gasteiger partial charge in [0.15, 0.2) is 0 Å². The number of rotatable bonds is 5. The summed E-state index contributed by atoms with van der Waals surface area (Å²) in [5.41, 5.74) is 2.73. The number of sulfonamides is 1. The summed E-state index contributed by atoms with van der Waals surface area (Å²) in [5, 5.41) is 0. The fraction of sp³-hybridized carbons (Fsp3) is 0.350. The van der Waals surface area contributed by atoms with Gasteiger partial charge in [-0.1, -0.05) is 30.3 Å². The lowest BCUT2D eigenvalue weighted by molar-refractivity contribution is -0.116. The van der Waals surface area contributed by atoms with Crippen LogP contribution in [-0.2, 0) is 32.6 Å². The van der Waals surface area contributed by atoms with E-state index in [-0.39, 0.29) is 16.9 Å². The van der Waals surface area contributed by atoms with E-state index in [2.05, 4.69) is 15.9 Å². The lowest BCUT2D eigenvalue weighted by Crippen LogP contribution is -2.54. The fourth-order valence-corrected chi connectivity index (χ4v) is 6.12. The van der Waals surface area contributed by atoms with Gasteiger partial charge in [-0.3, -0.25) is 4.79 Å². The Labute approximate surface area is 173 Å².